The minimum absolute atomic E-state index is 0.139. The molecule has 0 radical (unpaired) electrons. The first-order valence-corrected chi connectivity index (χ1v) is 8.04. The number of ether oxygens (including phenoxy) is 1. The predicted octanol–water partition coefficient (Wildman–Crippen LogP) is 3.71. The monoisotopic (exact) mass is 362 g/mol. The third-order valence-corrected chi connectivity index (χ3v) is 4.12. The first-order valence-electron chi connectivity index (χ1n) is 6.87. The van der Waals surface area contributed by atoms with E-state index < -0.39 is 0 Å². The molecular weight excluding hydrogens is 340 g/mol. The Morgan fingerprint density at radius 3 is 2.65 bits per heavy atom. The molecule has 5 heteroatoms. The number of halogens is 2. The lowest BCUT2D eigenvalue weighted by molar-refractivity contribution is 0.111. The molecule has 0 saturated carbocycles. The number of hydrogen-bond acceptors (Lipinski definition) is 3. The van der Waals surface area contributed by atoms with Crippen LogP contribution in [0, 0.1) is 5.92 Å². The molecule has 0 aliphatic rings. The van der Waals surface area contributed by atoms with Gasteiger partial charge in [-0.25, -0.2) is 0 Å². The van der Waals surface area contributed by atoms with Gasteiger partial charge in [0, 0.05) is 42.3 Å². The summed E-state index contributed by atoms with van der Waals surface area (Å²) in [4.78, 5) is 2.37. The molecule has 0 aliphatic heterocycles. The highest BCUT2D eigenvalue weighted by atomic mass is 79.9. The van der Waals surface area contributed by atoms with Crippen molar-refractivity contribution in [2.45, 2.75) is 19.9 Å². The summed E-state index contributed by atoms with van der Waals surface area (Å²) in [5.41, 5.74) is 7.16. The molecule has 0 aromatic heterocycles. The lowest BCUT2D eigenvalue weighted by Crippen LogP contribution is -2.38. The fourth-order valence-electron chi connectivity index (χ4n) is 2.29. The van der Waals surface area contributed by atoms with Crippen molar-refractivity contribution in [1.29, 1.82) is 0 Å². The van der Waals surface area contributed by atoms with Gasteiger partial charge in [-0.1, -0.05) is 41.4 Å². The molecule has 20 heavy (non-hydrogen) atoms. The van der Waals surface area contributed by atoms with Crippen LogP contribution in [0.5, 0.6) is 0 Å². The molecule has 0 saturated heterocycles. The molecule has 1 aromatic carbocycles. The summed E-state index contributed by atoms with van der Waals surface area (Å²) in [6.07, 6.45) is 0. The average molecular weight is 364 g/mol. The van der Waals surface area contributed by atoms with E-state index in [2.05, 4.69) is 34.7 Å². The molecule has 0 bridgehead atoms. The smallest absolute Gasteiger partial charge is 0.0589 e. The van der Waals surface area contributed by atoms with Crippen LogP contribution >= 0.6 is 27.5 Å². The maximum absolute atomic E-state index is 6.13. The number of benzene rings is 1. The second-order valence-electron chi connectivity index (χ2n) is 5.30. The molecule has 0 amide bonds. The Morgan fingerprint density at radius 1 is 1.40 bits per heavy atom. The van der Waals surface area contributed by atoms with Gasteiger partial charge in [0.1, 0.15) is 0 Å². The summed E-state index contributed by atoms with van der Waals surface area (Å²) < 4.78 is 6.26. The lowest BCUT2D eigenvalue weighted by Gasteiger charge is -2.33. The highest BCUT2D eigenvalue weighted by Gasteiger charge is 2.22. The SMILES string of the molecule is COCCN(CC(C)C)C(CN)c1cc(Cl)ccc1Br. The van der Waals surface area contributed by atoms with Crippen LogP contribution in [0.2, 0.25) is 5.02 Å². The number of hydrogen-bond donors (Lipinski definition) is 1. The van der Waals surface area contributed by atoms with E-state index in [0.29, 0.717) is 19.1 Å². The summed E-state index contributed by atoms with van der Waals surface area (Å²) in [6, 6.07) is 5.98. The fourth-order valence-corrected chi connectivity index (χ4v) is 2.99. The molecule has 1 aromatic rings. The molecule has 1 atom stereocenters. The third kappa shape index (κ3) is 5.34. The Kier molecular flexibility index (Phi) is 8.07. The van der Waals surface area contributed by atoms with Crippen molar-refractivity contribution in [3.8, 4) is 0 Å². The van der Waals surface area contributed by atoms with Crippen LogP contribution in [-0.2, 0) is 4.74 Å². The summed E-state index contributed by atoms with van der Waals surface area (Å²) in [7, 11) is 1.72. The largest absolute Gasteiger partial charge is 0.383 e. The quantitative estimate of drug-likeness (QED) is 0.765. The number of methoxy groups -OCH3 is 1. The van der Waals surface area contributed by atoms with E-state index in [-0.39, 0.29) is 6.04 Å². The third-order valence-electron chi connectivity index (χ3n) is 3.16. The van der Waals surface area contributed by atoms with E-state index in [1.54, 1.807) is 7.11 Å². The Labute approximate surface area is 135 Å². The van der Waals surface area contributed by atoms with Crippen molar-refractivity contribution in [3.05, 3.63) is 33.3 Å². The van der Waals surface area contributed by atoms with Crippen molar-refractivity contribution in [2.24, 2.45) is 11.7 Å². The molecule has 2 N–H and O–H groups in total. The maximum Gasteiger partial charge on any atom is 0.0589 e. The Hall–Kier alpha value is -0.130. The van der Waals surface area contributed by atoms with Crippen LogP contribution in [0.1, 0.15) is 25.5 Å². The first-order chi connectivity index (χ1) is 9.49. The fraction of sp³-hybridized carbons (Fsp3) is 0.600. The van der Waals surface area contributed by atoms with Crippen LogP contribution in [0.15, 0.2) is 22.7 Å². The molecule has 1 unspecified atom stereocenters. The van der Waals surface area contributed by atoms with Crippen LogP contribution in [-0.4, -0.2) is 38.3 Å². The summed E-state index contributed by atoms with van der Waals surface area (Å²) in [6.45, 7) is 7.50. The van der Waals surface area contributed by atoms with Crippen molar-refractivity contribution in [3.63, 3.8) is 0 Å². The van der Waals surface area contributed by atoms with Gasteiger partial charge in [-0.3, -0.25) is 4.90 Å². The van der Waals surface area contributed by atoms with Gasteiger partial charge in [-0.2, -0.15) is 0 Å². The van der Waals surface area contributed by atoms with E-state index in [1.165, 1.54) is 0 Å². The molecule has 3 nitrogen and oxygen atoms in total. The van der Waals surface area contributed by atoms with Gasteiger partial charge in [0.2, 0.25) is 0 Å². The van der Waals surface area contributed by atoms with Crippen molar-refractivity contribution >= 4 is 27.5 Å². The van der Waals surface area contributed by atoms with Crippen molar-refractivity contribution in [1.82, 2.24) is 4.90 Å². The van der Waals surface area contributed by atoms with E-state index in [0.717, 1.165) is 28.1 Å². The van der Waals surface area contributed by atoms with E-state index >= 15 is 0 Å². The van der Waals surface area contributed by atoms with Crippen molar-refractivity contribution < 1.29 is 4.74 Å². The molecule has 0 fully saturated rings. The Bertz CT molecular complexity index is 415. The van der Waals surface area contributed by atoms with Crippen LogP contribution in [0.3, 0.4) is 0 Å². The first kappa shape index (κ1) is 17.9. The van der Waals surface area contributed by atoms with Gasteiger partial charge in [0.25, 0.3) is 0 Å². The van der Waals surface area contributed by atoms with Crippen LogP contribution in [0.4, 0.5) is 0 Å². The Balaban J connectivity index is 3.01. The number of nitrogens with two attached hydrogens (primary N) is 1. The number of nitrogens with zero attached hydrogens (tertiary/aromatic N) is 1. The lowest BCUT2D eigenvalue weighted by atomic mass is 10.0. The van der Waals surface area contributed by atoms with E-state index in [1.807, 2.05) is 18.2 Å². The minimum atomic E-state index is 0.139. The van der Waals surface area contributed by atoms with Gasteiger partial charge >= 0.3 is 0 Å². The van der Waals surface area contributed by atoms with E-state index in [9.17, 15) is 0 Å². The van der Waals surface area contributed by atoms with Gasteiger partial charge in [-0.05, 0) is 29.7 Å². The highest BCUT2D eigenvalue weighted by molar-refractivity contribution is 9.10. The molecule has 114 valence electrons. The van der Waals surface area contributed by atoms with Gasteiger partial charge in [-0.15, -0.1) is 0 Å². The highest BCUT2D eigenvalue weighted by Crippen LogP contribution is 2.30. The van der Waals surface area contributed by atoms with E-state index in [4.69, 9.17) is 22.1 Å². The topological polar surface area (TPSA) is 38.5 Å². The normalized spacial score (nSPS) is 13.2. The zero-order chi connectivity index (χ0) is 15.1. The molecule has 0 aliphatic carbocycles. The van der Waals surface area contributed by atoms with Gasteiger partial charge < -0.3 is 10.5 Å². The van der Waals surface area contributed by atoms with Gasteiger partial charge in [0.15, 0.2) is 0 Å². The van der Waals surface area contributed by atoms with Crippen molar-refractivity contribution in [2.75, 3.05) is 33.4 Å². The zero-order valence-electron chi connectivity index (χ0n) is 12.4. The summed E-state index contributed by atoms with van der Waals surface area (Å²) in [5, 5.41) is 0.734. The standard InChI is InChI=1S/C15H24BrClN2O/c1-11(2)10-19(6-7-20-3)15(9-18)13-8-12(17)4-5-14(13)16/h4-5,8,11,15H,6-7,9-10,18H2,1-3H3. The summed E-state index contributed by atoms with van der Waals surface area (Å²) >= 11 is 9.73. The molecule has 0 heterocycles. The minimum Gasteiger partial charge on any atom is -0.383 e. The zero-order valence-corrected chi connectivity index (χ0v) is 14.7. The second-order valence-corrected chi connectivity index (χ2v) is 6.59. The Morgan fingerprint density at radius 2 is 2.10 bits per heavy atom. The summed E-state index contributed by atoms with van der Waals surface area (Å²) in [5.74, 6) is 0.568. The molecule has 1 rings (SSSR count). The maximum atomic E-state index is 6.13. The average Bonchev–Trinajstić information content (AvgIpc) is 2.40. The second kappa shape index (κ2) is 9.00. The van der Waals surface area contributed by atoms with Gasteiger partial charge in [0.05, 0.1) is 6.61 Å². The number of rotatable bonds is 8. The van der Waals surface area contributed by atoms with Crippen LogP contribution < -0.4 is 5.73 Å². The van der Waals surface area contributed by atoms with Crippen LogP contribution in [0.25, 0.3) is 0 Å². The predicted molar refractivity (Wildman–Crippen MR) is 89.2 cm³/mol. The molecule has 0 spiro atoms. The molecular formula is C15H24BrClN2O.